The average Bonchev–Trinajstić information content (AvgIpc) is 2.59. The molecule has 0 saturated heterocycles. The number of carbonyl (C=O) groups is 1. The van der Waals surface area contributed by atoms with Crippen molar-refractivity contribution in [2.75, 3.05) is 6.61 Å². The molecular formula is C19H20N2O2. The number of hydrogen-bond acceptors (Lipinski definition) is 3. The highest BCUT2D eigenvalue weighted by atomic mass is 16.5. The Morgan fingerprint density at radius 1 is 1.17 bits per heavy atom. The van der Waals surface area contributed by atoms with Crippen LogP contribution in [0.5, 0.6) is 5.75 Å². The van der Waals surface area contributed by atoms with Crippen LogP contribution in [0.1, 0.15) is 24.5 Å². The van der Waals surface area contributed by atoms with Gasteiger partial charge in [0.25, 0.3) is 5.91 Å². The number of nitrogens with one attached hydrogen (secondary N) is 1. The maximum Gasteiger partial charge on any atom is 0.258 e. The molecule has 0 saturated carbocycles. The molecule has 23 heavy (non-hydrogen) atoms. The van der Waals surface area contributed by atoms with E-state index in [0.717, 1.165) is 12.8 Å². The van der Waals surface area contributed by atoms with Crippen molar-refractivity contribution >= 4 is 5.91 Å². The lowest BCUT2D eigenvalue weighted by atomic mass is 10.1. The van der Waals surface area contributed by atoms with Gasteiger partial charge in [-0.05, 0) is 49.6 Å². The second-order valence-corrected chi connectivity index (χ2v) is 5.42. The predicted octanol–water partition coefficient (Wildman–Crippen LogP) is 3.07. The summed E-state index contributed by atoms with van der Waals surface area (Å²) in [6.07, 6.45) is 1.81. The fourth-order valence-corrected chi connectivity index (χ4v) is 2.19. The monoisotopic (exact) mass is 308 g/mol. The zero-order chi connectivity index (χ0) is 16.5. The van der Waals surface area contributed by atoms with E-state index in [1.807, 2.05) is 31.2 Å². The molecular weight excluding hydrogens is 288 g/mol. The van der Waals surface area contributed by atoms with E-state index in [1.165, 1.54) is 5.56 Å². The smallest absolute Gasteiger partial charge is 0.258 e. The van der Waals surface area contributed by atoms with E-state index in [0.29, 0.717) is 11.3 Å². The minimum Gasteiger partial charge on any atom is -0.484 e. The molecule has 0 aliphatic heterocycles. The molecule has 0 aliphatic rings. The second kappa shape index (κ2) is 8.60. The van der Waals surface area contributed by atoms with Crippen molar-refractivity contribution < 1.29 is 9.53 Å². The molecule has 0 fully saturated rings. The summed E-state index contributed by atoms with van der Waals surface area (Å²) < 4.78 is 5.41. The molecule has 2 aromatic carbocycles. The van der Waals surface area contributed by atoms with Gasteiger partial charge in [0.2, 0.25) is 0 Å². The number of carbonyl (C=O) groups excluding carboxylic acids is 1. The molecule has 0 heterocycles. The molecule has 0 radical (unpaired) electrons. The molecule has 1 amide bonds. The van der Waals surface area contributed by atoms with Crippen molar-refractivity contribution in [2.24, 2.45) is 0 Å². The van der Waals surface area contributed by atoms with Crippen molar-refractivity contribution in [3.63, 3.8) is 0 Å². The first kappa shape index (κ1) is 16.6. The molecule has 118 valence electrons. The van der Waals surface area contributed by atoms with Crippen LogP contribution in [-0.2, 0) is 11.2 Å². The molecule has 0 spiro atoms. The molecule has 4 heteroatoms. The summed E-state index contributed by atoms with van der Waals surface area (Å²) >= 11 is 0. The Balaban J connectivity index is 1.70. The summed E-state index contributed by atoms with van der Waals surface area (Å²) in [7, 11) is 0. The first-order valence-corrected chi connectivity index (χ1v) is 7.63. The Kier molecular flexibility index (Phi) is 6.19. The molecule has 1 atom stereocenters. The summed E-state index contributed by atoms with van der Waals surface area (Å²) in [5.74, 6) is 0.436. The summed E-state index contributed by atoms with van der Waals surface area (Å²) in [6, 6.07) is 19.0. The van der Waals surface area contributed by atoms with E-state index in [1.54, 1.807) is 24.3 Å². The van der Waals surface area contributed by atoms with Gasteiger partial charge in [-0.1, -0.05) is 30.3 Å². The molecule has 0 aliphatic carbocycles. The third-order valence-electron chi connectivity index (χ3n) is 3.47. The highest BCUT2D eigenvalue weighted by Crippen LogP contribution is 2.11. The Hall–Kier alpha value is -2.80. The molecule has 1 N–H and O–H groups in total. The van der Waals surface area contributed by atoms with E-state index >= 15 is 0 Å². The lowest BCUT2D eigenvalue weighted by Gasteiger charge is -2.14. The summed E-state index contributed by atoms with van der Waals surface area (Å²) in [4.78, 5) is 11.9. The zero-order valence-electron chi connectivity index (χ0n) is 13.2. The number of amides is 1. The third kappa shape index (κ3) is 5.84. The van der Waals surface area contributed by atoms with Crippen LogP contribution in [0.4, 0.5) is 0 Å². The van der Waals surface area contributed by atoms with Crippen molar-refractivity contribution in [2.45, 2.75) is 25.8 Å². The van der Waals surface area contributed by atoms with Crippen molar-refractivity contribution in [1.82, 2.24) is 5.32 Å². The van der Waals surface area contributed by atoms with E-state index in [-0.39, 0.29) is 18.6 Å². The van der Waals surface area contributed by atoms with E-state index in [9.17, 15) is 4.79 Å². The largest absolute Gasteiger partial charge is 0.484 e. The summed E-state index contributed by atoms with van der Waals surface area (Å²) in [5, 5.41) is 11.7. The van der Waals surface area contributed by atoms with E-state index in [2.05, 4.69) is 17.4 Å². The lowest BCUT2D eigenvalue weighted by molar-refractivity contribution is -0.123. The van der Waals surface area contributed by atoms with Gasteiger partial charge < -0.3 is 10.1 Å². The Morgan fingerprint density at radius 2 is 1.87 bits per heavy atom. The van der Waals surface area contributed by atoms with Crippen LogP contribution < -0.4 is 10.1 Å². The Morgan fingerprint density at radius 3 is 2.52 bits per heavy atom. The number of ether oxygens (including phenoxy) is 1. The van der Waals surface area contributed by atoms with Gasteiger partial charge in [0.15, 0.2) is 6.61 Å². The van der Waals surface area contributed by atoms with Crippen LogP contribution in [-0.4, -0.2) is 18.6 Å². The van der Waals surface area contributed by atoms with Gasteiger partial charge in [-0.3, -0.25) is 4.79 Å². The van der Waals surface area contributed by atoms with Crippen LogP contribution >= 0.6 is 0 Å². The van der Waals surface area contributed by atoms with Gasteiger partial charge in [0.05, 0.1) is 11.6 Å². The van der Waals surface area contributed by atoms with E-state index in [4.69, 9.17) is 10.00 Å². The molecule has 2 rings (SSSR count). The molecule has 4 nitrogen and oxygen atoms in total. The molecule has 0 bridgehead atoms. The predicted molar refractivity (Wildman–Crippen MR) is 89.0 cm³/mol. The maximum atomic E-state index is 11.9. The van der Waals surface area contributed by atoms with Gasteiger partial charge in [-0.2, -0.15) is 5.26 Å². The first-order chi connectivity index (χ1) is 11.2. The zero-order valence-corrected chi connectivity index (χ0v) is 13.2. The quantitative estimate of drug-likeness (QED) is 0.855. The van der Waals surface area contributed by atoms with Crippen LogP contribution in [0, 0.1) is 11.3 Å². The number of nitrogens with zero attached hydrogens (tertiary/aromatic N) is 1. The van der Waals surface area contributed by atoms with E-state index < -0.39 is 0 Å². The standard InChI is InChI=1S/C19H20N2O2/c1-15(7-8-16-5-3-2-4-6-16)21-19(22)14-23-18-11-9-17(13-20)10-12-18/h2-6,9-12,15H,7-8,14H2,1H3,(H,21,22)/t15-/m0/s1. The third-order valence-corrected chi connectivity index (χ3v) is 3.47. The Labute approximate surface area is 136 Å². The van der Waals surface area contributed by atoms with Crippen molar-refractivity contribution in [3.05, 3.63) is 65.7 Å². The minimum atomic E-state index is -0.144. The van der Waals surface area contributed by atoms with Crippen LogP contribution in [0.15, 0.2) is 54.6 Å². The fourth-order valence-electron chi connectivity index (χ4n) is 2.19. The number of rotatable bonds is 7. The highest BCUT2D eigenvalue weighted by molar-refractivity contribution is 5.77. The summed E-state index contributed by atoms with van der Waals surface area (Å²) in [5.41, 5.74) is 1.83. The SMILES string of the molecule is C[C@@H](CCc1ccccc1)NC(=O)COc1ccc(C#N)cc1. The molecule has 0 unspecified atom stereocenters. The number of aryl methyl sites for hydroxylation is 1. The topological polar surface area (TPSA) is 62.1 Å². The van der Waals surface area contributed by atoms with Gasteiger partial charge in [0.1, 0.15) is 5.75 Å². The number of benzene rings is 2. The van der Waals surface area contributed by atoms with Gasteiger partial charge in [-0.25, -0.2) is 0 Å². The van der Waals surface area contributed by atoms with Crippen molar-refractivity contribution in [1.29, 1.82) is 5.26 Å². The maximum absolute atomic E-state index is 11.9. The van der Waals surface area contributed by atoms with Gasteiger partial charge >= 0.3 is 0 Å². The fraction of sp³-hybridized carbons (Fsp3) is 0.263. The highest BCUT2D eigenvalue weighted by Gasteiger charge is 2.08. The van der Waals surface area contributed by atoms with Crippen molar-refractivity contribution in [3.8, 4) is 11.8 Å². The molecule has 0 aromatic heterocycles. The first-order valence-electron chi connectivity index (χ1n) is 7.63. The average molecular weight is 308 g/mol. The molecule has 2 aromatic rings. The normalized spacial score (nSPS) is 11.3. The number of nitriles is 1. The second-order valence-electron chi connectivity index (χ2n) is 5.42. The number of hydrogen-bond donors (Lipinski definition) is 1. The van der Waals surface area contributed by atoms with Gasteiger partial charge in [0, 0.05) is 6.04 Å². The summed E-state index contributed by atoms with van der Waals surface area (Å²) in [6.45, 7) is 1.96. The Bertz CT molecular complexity index is 660. The lowest BCUT2D eigenvalue weighted by Crippen LogP contribution is -2.36. The minimum absolute atomic E-state index is 0.0262. The van der Waals surface area contributed by atoms with Gasteiger partial charge in [-0.15, -0.1) is 0 Å². The van der Waals surface area contributed by atoms with Crippen LogP contribution in [0.2, 0.25) is 0 Å². The van der Waals surface area contributed by atoms with Crippen LogP contribution in [0.3, 0.4) is 0 Å². The van der Waals surface area contributed by atoms with Crippen LogP contribution in [0.25, 0.3) is 0 Å².